The SMILES string of the molecule is Cc1cc(C(C)(C)C)c(OC(=O)C2=C[C@@H]3OCC[C@@H]3C2)c(C(C)(C)C)c1. The predicted molar refractivity (Wildman–Crippen MR) is 105 cm³/mol. The number of fused-ring (bicyclic) bond motifs is 1. The number of rotatable bonds is 2. The van der Waals surface area contributed by atoms with Gasteiger partial charge in [0.2, 0.25) is 0 Å². The Morgan fingerprint density at radius 2 is 1.65 bits per heavy atom. The van der Waals surface area contributed by atoms with E-state index in [1.54, 1.807) is 0 Å². The van der Waals surface area contributed by atoms with Crippen LogP contribution in [0.25, 0.3) is 0 Å². The Morgan fingerprint density at radius 1 is 1.08 bits per heavy atom. The van der Waals surface area contributed by atoms with Crippen LogP contribution >= 0.6 is 0 Å². The van der Waals surface area contributed by atoms with E-state index in [0.29, 0.717) is 5.92 Å². The molecular formula is C23H32O3. The summed E-state index contributed by atoms with van der Waals surface area (Å²) in [6, 6.07) is 4.30. The lowest BCUT2D eigenvalue weighted by Crippen LogP contribution is -2.23. The first-order valence-corrected chi connectivity index (χ1v) is 9.67. The van der Waals surface area contributed by atoms with Crippen LogP contribution < -0.4 is 4.74 Å². The molecule has 0 saturated carbocycles. The Balaban J connectivity index is 1.99. The van der Waals surface area contributed by atoms with Crippen molar-refractivity contribution in [3.8, 4) is 5.75 Å². The van der Waals surface area contributed by atoms with Crippen molar-refractivity contribution < 1.29 is 14.3 Å². The highest BCUT2D eigenvalue weighted by atomic mass is 16.5. The molecule has 3 nitrogen and oxygen atoms in total. The van der Waals surface area contributed by atoms with Crippen LogP contribution in [0.5, 0.6) is 5.75 Å². The van der Waals surface area contributed by atoms with Gasteiger partial charge in [0.1, 0.15) is 5.75 Å². The van der Waals surface area contributed by atoms with Crippen molar-refractivity contribution in [3.63, 3.8) is 0 Å². The predicted octanol–water partition coefficient (Wildman–Crippen LogP) is 5.23. The van der Waals surface area contributed by atoms with Crippen molar-refractivity contribution in [2.24, 2.45) is 5.92 Å². The summed E-state index contributed by atoms with van der Waals surface area (Å²) in [5, 5.41) is 0. The maximum absolute atomic E-state index is 12.9. The number of carbonyl (C=O) groups excluding carboxylic acids is 1. The summed E-state index contributed by atoms with van der Waals surface area (Å²) in [7, 11) is 0. The van der Waals surface area contributed by atoms with Gasteiger partial charge in [0.25, 0.3) is 0 Å². The molecule has 1 aromatic carbocycles. The van der Waals surface area contributed by atoms with E-state index in [-0.39, 0.29) is 22.9 Å². The van der Waals surface area contributed by atoms with Gasteiger partial charge >= 0.3 is 5.97 Å². The largest absolute Gasteiger partial charge is 0.423 e. The molecule has 0 N–H and O–H groups in total. The molecule has 1 aliphatic heterocycles. The number of hydrogen-bond donors (Lipinski definition) is 0. The third-order valence-corrected chi connectivity index (χ3v) is 5.42. The zero-order valence-electron chi connectivity index (χ0n) is 17.2. The minimum Gasteiger partial charge on any atom is -0.423 e. The molecule has 142 valence electrons. The van der Waals surface area contributed by atoms with Gasteiger partial charge < -0.3 is 9.47 Å². The summed E-state index contributed by atoms with van der Waals surface area (Å²) in [6.45, 7) is 15.9. The molecule has 0 unspecified atom stereocenters. The molecule has 2 aliphatic rings. The summed E-state index contributed by atoms with van der Waals surface area (Å²) in [4.78, 5) is 12.9. The van der Waals surface area contributed by atoms with Gasteiger partial charge in [-0.05, 0) is 42.6 Å². The summed E-state index contributed by atoms with van der Waals surface area (Å²) in [5.74, 6) is 0.960. The minimum absolute atomic E-state index is 0.0970. The Morgan fingerprint density at radius 3 is 2.15 bits per heavy atom. The topological polar surface area (TPSA) is 35.5 Å². The average Bonchev–Trinajstić information content (AvgIpc) is 3.07. The highest BCUT2D eigenvalue weighted by Crippen LogP contribution is 2.42. The van der Waals surface area contributed by atoms with Gasteiger partial charge in [-0.25, -0.2) is 4.79 Å². The van der Waals surface area contributed by atoms with Crippen LogP contribution in [-0.4, -0.2) is 18.7 Å². The summed E-state index contributed by atoms with van der Waals surface area (Å²) in [5.41, 5.74) is 3.93. The summed E-state index contributed by atoms with van der Waals surface area (Å²) in [6.07, 6.45) is 3.87. The van der Waals surface area contributed by atoms with Gasteiger partial charge in [0.05, 0.1) is 6.10 Å². The molecule has 1 aromatic rings. The average molecular weight is 357 g/mol. The first-order chi connectivity index (χ1) is 12.0. The third-order valence-electron chi connectivity index (χ3n) is 5.42. The van der Waals surface area contributed by atoms with Crippen molar-refractivity contribution in [2.75, 3.05) is 6.61 Å². The molecule has 1 fully saturated rings. The smallest absolute Gasteiger partial charge is 0.339 e. The van der Waals surface area contributed by atoms with E-state index >= 15 is 0 Å². The van der Waals surface area contributed by atoms with E-state index in [1.165, 1.54) is 5.56 Å². The number of aryl methyl sites for hydroxylation is 1. The van der Waals surface area contributed by atoms with E-state index in [0.717, 1.165) is 41.9 Å². The van der Waals surface area contributed by atoms with Gasteiger partial charge in [-0.3, -0.25) is 0 Å². The van der Waals surface area contributed by atoms with Gasteiger partial charge in [-0.15, -0.1) is 0 Å². The van der Waals surface area contributed by atoms with Gasteiger partial charge in [0.15, 0.2) is 0 Å². The highest BCUT2D eigenvalue weighted by Gasteiger charge is 2.36. The number of hydrogen-bond acceptors (Lipinski definition) is 3. The molecule has 1 aliphatic carbocycles. The van der Waals surface area contributed by atoms with E-state index < -0.39 is 0 Å². The van der Waals surface area contributed by atoms with Crippen molar-refractivity contribution in [1.29, 1.82) is 0 Å². The number of carbonyl (C=O) groups is 1. The van der Waals surface area contributed by atoms with Crippen molar-refractivity contribution >= 4 is 5.97 Å². The molecule has 0 spiro atoms. The fourth-order valence-corrected chi connectivity index (χ4v) is 3.91. The van der Waals surface area contributed by atoms with Crippen LogP contribution in [0.3, 0.4) is 0 Å². The quantitative estimate of drug-likeness (QED) is 0.537. The second-order valence-corrected chi connectivity index (χ2v) is 9.86. The van der Waals surface area contributed by atoms with E-state index in [1.807, 2.05) is 6.08 Å². The maximum Gasteiger partial charge on any atom is 0.339 e. The molecule has 0 bridgehead atoms. The molecule has 0 amide bonds. The van der Waals surface area contributed by atoms with E-state index in [2.05, 4.69) is 60.6 Å². The lowest BCUT2D eigenvalue weighted by atomic mass is 9.78. The van der Waals surface area contributed by atoms with Crippen molar-refractivity contribution in [1.82, 2.24) is 0 Å². The van der Waals surface area contributed by atoms with Gasteiger partial charge in [-0.1, -0.05) is 59.2 Å². The Kier molecular flexibility index (Phi) is 4.81. The van der Waals surface area contributed by atoms with Crippen LogP contribution in [0, 0.1) is 12.8 Å². The highest BCUT2D eigenvalue weighted by molar-refractivity contribution is 5.91. The number of benzene rings is 1. The zero-order chi connectivity index (χ0) is 19.3. The van der Waals surface area contributed by atoms with E-state index in [4.69, 9.17) is 9.47 Å². The summed E-state index contributed by atoms with van der Waals surface area (Å²) >= 11 is 0. The molecule has 2 atom stereocenters. The van der Waals surface area contributed by atoms with Crippen molar-refractivity contribution in [3.05, 3.63) is 40.5 Å². The molecule has 1 heterocycles. The van der Waals surface area contributed by atoms with Crippen LogP contribution in [-0.2, 0) is 20.4 Å². The van der Waals surface area contributed by atoms with Crippen LogP contribution in [0.4, 0.5) is 0 Å². The first-order valence-electron chi connectivity index (χ1n) is 9.67. The zero-order valence-corrected chi connectivity index (χ0v) is 17.2. The lowest BCUT2D eigenvalue weighted by Gasteiger charge is -2.30. The second-order valence-electron chi connectivity index (χ2n) is 9.86. The Labute approximate surface area is 157 Å². The van der Waals surface area contributed by atoms with Gasteiger partial charge in [-0.2, -0.15) is 0 Å². The lowest BCUT2D eigenvalue weighted by molar-refractivity contribution is -0.130. The first kappa shape index (κ1) is 19.2. The van der Waals surface area contributed by atoms with Crippen LogP contribution in [0.2, 0.25) is 0 Å². The molecule has 3 heteroatoms. The van der Waals surface area contributed by atoms with E-state index in [9.17, 15) is 4.79 Å². The minimum atomic E-state index is -0.220. The molecular weight excluding hydrogens is 324 g/mol. The second kappa shape index (κ2) is 6.53. The normalized spacial score (nSPS) is 23.0. The fourth-order valence-electron chi connectivity index (χ4n) is 3.91. The third kappa shape index (κ3) is 3.73. The fraction of sp³-hybridized carbons (Fsp3) is 0.609. The molecule has 26 heavy (non-hydrogen) atoms. The van der Waals surface area contributed by atoms with Gasteiger partial charge in [0, 0.05) is 23.3 Å². The maximum atomic E-state index is 12.9. The monoisotopic (exact) mass is 356 g/mol. The molecule has 0 aromatic heterocycles. The molecule has 1 saturated heterocycles. The Hall–Kier alpha value is -1.61. The number of ether oxygens (including phenoxy) is 2. The molecule has 3 rings (SSSR count). The van der Waals surface area contributed by atoms with Crippen LogP contribution in [0.1, 0.15) is 71.1 Å². The standard InChI is InChI=1S/C23H32O3/c1-14-10-17(22(2,3)4)20(18(11-14)23(5,6)7)26-21(24)16-12-15-8-9-25-19(15)13-16/h10-11,13,15,19H,8-9,12H2,1-7H3/t15-,19+/m1/s1. The number of esters is 1. The van der Waals surface area contributed by atoms with Crippen molar-refractivity contribution in [2.45, 2.75) is 78.2 Å². The van der Waals surface area contributed by atoms with Crippen LogP contribution in [0.15, 0.2) is 23.8 Å². The Bertz CT molecular complexity index is 709. The summed E-state index contributed by atoms with van der Waals surface area (Å²) < 4.78 is 11.8. The molecule has 0 radical (unpaired) electrons.